The monoisotopic (exact) mass is 723 g/mol. The molecule has 1 spiro atoms. The second-order valence-electron chi connectivity index (χ2n) is 13.9. The number of anilines is 3. The minimum absolute atomic E-state index is 0.0391. The van der Waals surface area contributed by atoms with Crippen LogP contribution in [0.1, 0.15) is 38.7 Å². The van der Waals surface area contributed by atoms with E-state index in [2.05, 4.69) is 30.3 Å². The maximum Gasteiger partial charge on any atom is 0.0725 e. The van der Waals surface area contributed by atoms with Crippen molar-refractivity contribution >= 4 is 17.1 Å². The summed E-state index contributed by atoms with van der Waals surface area (Å²) in [5.41, 5.74) is 7.07. The van der Waals surface area contributed by atoms with Crippen LogP contribution in [0.3, 0.4) is 0 Å². The Balaban J connectivity index is 1.16. The van der Waals surface area contributed by atoms with Crippen LogP contribution in [0.15, 0.2) is 224 Å². The highest BCUT2D eigenvalue weighted by atomic mass is 15.1. The second-order valence-corrected chi connectivity index (χ2v) is 13.9. The molecule has 0 aromatic heterocycles. The third kappa shape index (κ3) is 4.95. The van der Waals surface area contributed by atoms with E-state index in [0.717, 1.165) is 49.4 Å². The van der Waals surface area contributed by atoms with E-state index in [4.69, 9.17) is 0 Å². The lowest BCUT2D eigenvalue weighted by molar-refractivity contribution is 0.794. The average molecular weight is 724 g/mol. The van der Waals surface area contributed by atoms with Crippen LogP contribution >= 0.6 is 0 Å². The third-order valence-corrected chi connectivity index (χ3v) is 10.9. The van der Waals surface area contributed by atoms with Crippen molar-refractivity contribution in [3.8, 4) is 55.6 Å². The molecule has 56 heavy (non-hydrogen) atoms. The Labute approximate surface area is 345 Å². The summed E-state index contributed by atoms with van der Waals surface area (Å²) < 4.78 is 113. The molecule has 0 saturated carbocycles. The van der Waals surface area contributed by atoms with Gasteiger partial charge < -0.3 is 4.90 Å². The molecule has 262 valence electrons. The Kier molecular flexibility index (Phi) is 5.15. The van der Waals surface area contributed by atoms with E-state index in [1.807, 2.05) is 54.6 Å². The van der Waals surface area contributed by atoms with Crippen molar-refractivity contribution in [2.75, 3.05) is 4.90 Å². The van der Waals surface area contributed by atoms with Crippen LogP contribution in [0.4, 0.5) is 17.1 Å². The van der Waals surface area contributed by atoms with E-state index >= 15 is 0 Å². The first-order chi connectivity index (χ1) is 32.8. The summed E-state index contributed by atoms with van der Waals surface area (Å²) in [6, 6.07) is 40.4. The Bertz CT molecular complexity index is 3370. The molecule has 11 rings (SSSR count). The molecular weight excluding hydrogens is 675 g/mol. The molecule has 0 radical (unpaired) electrons. The molecule has 9 aromatic rings. The molecule has 0 bridgehead atoms. The van der Waals surface area contributed by atoms with E-state index in [1.165, 1.54) is 0 Å². The molecule has 0 amide bonds. The molecule has 2 aliphatic carbocycles. The lowest BCUT2D eigenvalue weighted by atomic mass is 9.70. The predicted molar refractivity (Wildman–Crippen MR) is 234 cm³/mol. The second kappa shape index (κ2) is 13.0. The fourth-order valence-electron chi connectivity index (χ4n) is 8.49. The molecule has 0 unspecified atom stereocenters. The quantitative estimate of drug-likeness (QED) is 0.165. The number of nitrogens with zero attached hydrogens (tertiary/aromatic N) is 1. The number of hydrogen-bond donors (Lipinski definition) is 0. The molecule has 0 heterocycles. The molecule has 0 saturated heterocycles. The summed E-state index contributed by atoms with van der Waals surface area (Å²) in [4.78, 5) is 0.854. The van der Waals surface area contributed by atoms with E-state index < -0.39 is 95.0 Å². The topological polar surface area (TPSA) is 3.24 Å². The maximum absolute atomic E-state index is 9.70. The van der Waals surface area contributed by atoms with Gasteiger partial charge in [0.1, 0.15) is 0 Å². The lowest BCUT2D eigenvalue weighted by Crippen LogP contribution is -2.25. The van der Waals surface area contributed by atoms with Gasteiger partial charge in [-0.05, 0) is 120 Å². The number of benzene rings is 9. The van der Waals surface area contributed by atoms with Crippen LogP contribution in [-0.2, 0) is 5.41 Å². The smallest absolute Gasteiger partial charge is 0.0725 e. The van der Waals surface area contributed by atoms with Crippen LogP contribution in [0, 0.1) is 0 Å². The molecule has 0 fully saturated rings. The summed E-state index contributed by atoms with van der Waals surface area (Å²) in [7, 11) is 0. The SMILES string of the molecule is [2H]c1c([2H])c(N(c2c([2H])c([2H])c(-c3ccccc3)c([2H])c2[2H])c2c([2H])c([2H])c(-c3ccc4c(c3)-c3ccccc3C43c4ccccc4-c4ccccc43)c([2H])c2[2H])c([2H])c([2H])c1-c1ccccc1. The fraction of sp³-hybridized carbons (Fsp3) is 0.0182. The van der Waals surface area contributed by atoms with E-state index in [1.54, 1.807) is 66.7 Å². The van der Waals surface area contributed by atoms with Gasteiger partial charge in [0.15, 0.2) is 0 Å². The van der Waals surface area contributed by atoms with Crippen LogP contribution in [-0.4, -0.2) is 0 Å². The van der Waals surface area contributed by atoms with Crippen molar-refractivity contribution in [1.82, 2.24) is 0 Å². The van der Waals surface area contributed by atoms with Gasteiger partial charge in [-0.3, -0.25) is 0 Å². The first-order valence-corrected chi connectivity index (χ1v) is 18.5. The summed E-state index contributed by atoms with van der Waals surface area (Å²) in [5.74, 6) is 0. The largest absolute Gasteiger partial charge is 0.311 e. The van der Waals surface area contributed by atoms with Crippen molar-refractivity contribution in [2.24, 2.45) is 0 Å². The third-order valence-electron chi connectivity index (χ3n) is 10.9. The van der Waals surface area contributed by atoms with Crippen molar-refractivity contribution in [3.63, 3.8) is 0 Å². The lowest BCUT2D eigenvalue weighted by Gasteiger charge is -2.30. The Morgan fingerprint density at radius 1 is 0.286 bits per heavy atom. The highest BCUT2D eigenvalue weighted by molar-refractivity contribution is 5.96. The highest BCUT2D eigenvalue weighted by Gasteiger charge is 2.51. The summed E-state index contributed by atoms with van der Waals surface area (Å²) in [5, 5.41) is 0. The maximum atomic E-state index is 9.70. The number of hydrogen-bond acceptors (Lipinski definition) is 1. The van der Waals surface area contributed by atoms with Gasteiger partial charge in [-0.25, -0.2) is 0 Å². The van der Waals surface area contributed by atoms with Gasteiger partial charge in [-0.15, -0.1) is 0 Å². The summed E-state index contributed by atoms with van der Waals surface area (Å²) in [6.07, 6.45) is 0. The number of fused-ring (bicyclic) bond motifs is 10. The van der Waals surface area contributed by atoms with Gasteiger partial charge in [0.2, 0.25) is 0 Å². The minimum Gasteiger partial charge on any atom is -0.311 e. The van der Waals surface area contributed by atoms with Crippen LogP contribution in [0.5, 0.6) is 0 Å². The molecule has 2 aliphatic rings. The first kappa shape index (κ1) is 22.2. The Hall–Kier alpha value is -7.22. The highest BCUT2D eigenvalue weighted by Crippen LogP contribution is 2.63. The number of rotatable bonds is 6. The van der Waals surface area contributed by atoms with Crippen molar-refractivity contribution in [1.29, 1.82) is 0 Å². The molecule has 1 nitrogen and oxygen atoms in total. The van der Waals surface area contributed by atoms with Crippen LogP contribution in [0.25, 0.3) is 55.6 Å². The Morgan fingerprint density at radius 3 is 1.05 bits per heavy atom. The van der Waals surface area contributed by atoms with Gasteiger partial charge in [0.25, 0.3) is 0 Å². The summed E-state index contributed by atoms with van der Waals surface area (Å²) in [6.45, 7) is 0. The zero-order chi connectivity index (χ0) is 47.5. The van der Waals surface area contributed by atoms with Crippen molar-refractivity contribution in [2.45, 2.75) is 5.41 Å². The average Bonchev–Trinajstić information content (AvgIpc) is 3.82. The molecule has 9 aromatic carbocycles. The molecule has 0 N–H and O–H groups in total. The van der Waals surface area contributed by atoms with E-state index in [0.29, 0.717) is 16.7 Å². The zero-order valence-electron chi connectivity index (χ0n) is 41.9. The van der Waals surface area contributed by atoms with Gasteiger partial charge in [-0.2, -0.15) is 0 Å². The van der Waals surface area contributed by atoms with Crippen LogP contribution < -0.4 is 4.90 Å². The zero-order valence-corrected chi connectivity index (χ0v) is 29.9. The van der Waals surface area contributed by atoms with Crippen molar-refractivity contribution in [3.05, 3.63) is 246 Å². The summed E-state index contributed by atoms with van der Waals surface area (Å²) >= 11 is 0. The molecular formula is C55H37N. The van der Waals surface area contributed by atoms with Gasteiger partial charge in [0.05, 0.1) is 21.9 Å². The van der Waals surface area contributed by atoms with Gasteiger partial charge in [0, 0.05) is 17.1 Å². The normalized spacial score (nSPS) is 15.8. The molecule has 0 aliphatic heterocycles. The van der Waals surface area contributed by atoms with Gasteiger partial charge in [-0.1, -0.05) is 182 Å². The Morgan fingerprint density at radius 2 is 0.625 bits per heavy atom. The van der Waals surface area contributed by atoms with Crippen molar-refractivity contribution < 1.29 is 16.4 Å². The van der Waals surface area contributed by atoms with E-state index in [9.17, 15) is 16.4 Å². The minimum atomic E-state index is -0.662. The predicted octanol–water partition coefficient (Wildman–Crippen LogP) is 14.5. The van der Waals surface area contributed by atoms with Crippen LogP contribution in [0.2, 0.25) is 0 Å². The standard InChI is InChI=1S/C55H37N/c1-3-13-38(14-4-1)40-23-30-44(31-24-40)56(45-32-25-41(26-33-45)39-15-5-2-6-16-39)46-34-27-42(28-35-46)43-29-36-54-50(37-43)49-19-9-12-22-53(49)55(54)51-20-10-7-17-47(51)48-18-8-11-21-52(48)55/h1-37H/i23D,24D,25D,26D,27D,28D,30D,31D,32D,33D,34D,35D. The first-order valence-electron chi connectivity index (χ1n) is 24.5. The molecule has 1 heteroatoms. The van der Waals surface area contributed by atoms with Gasteiger partial charge >= 0.3 is 0 Å². The molecule has 0 atom stereocenters. The fourth-order valence-corrected chi connectivity index (χ4v) is 8.49. The van der Waals surface area contributed by atoms with E-state index in [-0.39, 0.29) is 16.7 Å².